The molecule has 1 rings (SSSR count). The van der Waals surface area contributed by atoms with E-state index in [2.05, 4.69) is 33.9 Å². The molecule has 0 saturated carbocycles. The second kappa shape index (κ2) is 5.73. The lowest BCUT2D eigenvalue weighted by Gasteiger charge is -2.14. The third kappa shape index (κ3) is 3.52. The molecular formula is C12H16BrNOS. The molecule has 1 N–H and O–H groups in total. The Hall–Kier alpha value is -0.480. The molecule has 1 aromatic carbocycles. The Morgan fingerprint density at radius 3 is 2.56 bits per heavy atom. The van der Waals surface area contributed by atoms with Crippen molar-refractivity contribution < 1.29 is 4.79 Å². The second-order valence-electron chi connectivity index (χ2n) is 4.14. The van der Waals surface area contributed by atoms with Gasteiger partial charge in [-0.3, -0.25) is 4.79 Å². The Balaban J connectivity index is 2.74. The number of aryl methyl sites for hydroxylation is 1. The molecule has 16 heavy (non-hydrogen) atoms. The van der Waals surface area contributed by atoms with Gasteiger partial charge in [0.2, 0.25) is 5.91 Å². The maximum atomic E-state index is 11.7. The molecule has 0 radical (unpaired) electrons. The fourth-order valence-electron chi connectivity index (χ4n) is 1.19. The highest BCUT2D eigenvalue weighted by Crippen LogP contribution is 2.21. The standard InChI is InChI=1S/C12H16BrNOS/c1-7(2)11(16)12(15)14-9-5-4-8(3)10(13)6-9/h4-7,11,16H,1-3H3,(H,14,15). The van der Waals surface area contributed by atoms with Crippen LogP contribution in [0.25, 0.3) is 0 Å². The van der Waals surface area contributed by atoms with Gasteiger partial charge in [-0.05, 0) is 30.5 Å². The number of benzene rings is 1. The number of anilines is 1. The summed E-state index contributed by atoms with van der Waals surface area (Å²) in [5, 5.41) is 2.57. The van der Waals surface area contributed by atoms with Crippen LogP contribution in [0.2, 0.25) is 0 Å². The van der Waals surface area contributed by atoms with Crippen LogP contribution in [-0.2, 0) is 4.79 Å². The number of thiol groups is 1. The summed E-state index contributed by atoms with van der Waals surface area (Å²) in [5.74, 6) is 0.159. The zero-order valence-electron chi connectivity index (χ0n) is 9.62. The van der Waals surface area contributed by atoms with Crippen LogP contribution < -0.4 is 5.32 Å². The van der Waals surface area contributed by atoms with E-state index in [0.29, 0.717) is 0 Å². The number of rotatable bonds is 3. The third-order valence-corrected chi connectivity index (χ3v) is 4.02. The van der Waals surface area contributed by atoms with E-state index in [9.17, 15) is 4.79 Å². The van der Waals surface area contributed by atoms with Gasteiger partial charge < -0.3 is 5.32 Å². The first-order chi connectivity index (χ1) is 7.41. The largest absolute Gasteiger partial charge is 0.325 e. The van der Waals surface area contributed by atoms with Gasteiger partial charge in [-0.1, -0.05) is 35.8 Å². The summed E-state index contributed by atoms with van der Waals surface area (Å²) in [5.41, 5.74) is 1.94. The highest BCUT2D eigenvalue weighted by atomic mass is 79.9. The molecule has 0 aliphatic rings. The number of nitrogens with one attached hydrogen (secondary N) is 1. The van der Waals surface area contributed by atoms with E-state index in [0.717, 1.165) is 15.7 Å². The van der Waals surface area contributed by atoms with E-state index in [1.807, 2.05) is 39.0 Å². The summed E-state index contributed by atoms with van der Waals surface area (Å²) in [6, 6.07) is 5.75. The van der Waals surface area contributed by atoms with Crippen molar-refractivity contribution >= 4 is 40.2 Å². The summed E-state index contributed by atoms with van der Waals surface area (Å²) >= 11 is 7.70. The Kier molecular flexibility index (Phi) is 4.87. The molecule has 0 spiro atoms. The Bertz CT molecular complexity index is 393. The lowest BCUT2D eigenvalue weighted by Crippen LogP contribution is -2.27. The van der Waals surface area contributed by atoms with E-state index in [-0.39, 0.29) is 17.1 Å². The molecule has 0 heterocycles. The highest BCUT2D eigenvalue weighted by molar-refractivity contribution is 9.10. The fraction of sp³-hybridized carbons (Fsp3) is 0.417. The van der Waals surface area contributed by atoms with Gasteiger partial charge in [-0.2, -0.15) is 12.6 Å². The fourth-order valence-corrected chi connectivity index (χ4v) is 1.63. The topological polar surface area (TPSA) is 29.1 Å². The van der Waals surface area contributed by atoms with Gasteiger partial charge >= 0.3 is 0 Å². The number of carbonyl (C=O) groups excluding carboxylic acids is 1. The molecule has 1 unspecified atom stereocenters. The minimum Gasteiger partial charge on any atom is -0.325 e. The van der Waals surface area contributed by atoms with Crippen LogP contribution in [0.1, 0.15) is 19.4 Å². The number of amides is 1. The van der Waals surface area contributed by atoms with Crippen molar-refractivity contribution in [2.75, 3.05) is 5.32 Å². The van der Waals surface area contributed by atoms with E-state index in [4.69, 9.17) is 0 Å². The number of carbonyl (C=O) groups is 1. The predicted octanol–water partition coefficient (Wildman–Crippen LogP) is 3.65. The number of halogens is 1. The maximum Gasteiger partial charge on any atom is 0.237 e. The van der Waals surface area contributed by atoms with E-state index < -0.39 is 0 Å². The van der Waals surface area contributed by atoms with Gasteiger partial charge in [0.15, 0.2) is 0 Å². The minimum atomic E-state index is -0.278. The smallest absolute Gasteiger partial charge is 0.237 e. The van der Waals surface area contributed by atoms with Crippen molar-refractivity contribution in [2.24, 2.45) is 5.92 Å². The number of hydrogen-bond donors (Lipinski definition) is 2. The van der Waals surface area contributed by atoms with Crippen LogP contribution >= 0.6 is 28.6 Å². The van der Waals surface area contributed by atoms with Crippen LogP contribution in [0.3, 0.4) is 0 Å². The Labute approximate surface area is 110 Å². The number of hydrogen-bond acceptors (Lipinski definition) is 2. The second-order valence-corrected chi connectivity index (χ2v) is 5.55. The Morgan fingerprint density at radius 1 is 1.44 bits per heavy atom. The van der Waals surface area contributed by atoms with Crippen molar-refractivity contribution in [3.05, 3.63) is 28.2 Å². The Morgan fingerprint density at radius 2 is 2.06 bits per heavy atom. The lowest BCUT2D eigenvalue weighted by molar-refractivity contribution is -0.116. The SMILES string of the molecule is Cc1ccc(NC(=O)C(S)C(C)C)cc1Br. The molecule has 1 atom stereocenters. The summed E-state index contributed by atoms with van der Waals surface area (Å²) in [6.07, 6.45) is 0. The summed E-state index contributed by atoms with van der Waals surface area (Å²) < 4.78 is 0.991. The zero-order valence-corrected chi connectivity index (χ0v) is 12.1. The normalized spacial score (nSPS) is 12.6. The summed E-state index contributed by atoms with van der Waals surface area (Å²) in [7, 11) is 0. The van der Waals surface area contributed by atoms with Gasteiger partial charge in [0.25, 0.3) is 0 Å². The summed E-state index contributed by atoms with van der Waals surface area (Å²) in [4.78, 5) is 11.7. The average Bonchev–Trinajstić information content (AvgIpc) is 2.22. The first-order valence-electron chi connectivity index (χ1n) is 5.17. The van der Waals surface area contributed by atoms with E-state index >= 15 is 0 Å². The highest BCUT2D eigenvalue weighted by Gasteiger charge is 2.17. The van der Waals surface area contributed by atoms with Gasteiger partial charge in [0.05, 0.1) is 5.25 Å². The molecule has 0 aliphatic carbocycles. The van der Waals surface area contributed by atoms with E-state index in [1.54, 1.807) is 0 Å². The van der Waals surface area contributed by atoms with Crippen molar-refractivity contribution in [3.63, 3.8) is 0 Å². The molecule has 0 bridgehead atoms. The van der Waals surface area contributed by atoms with Crippen LogP contribution in [0, 0.1) is 12.8 Å². The van der Waals surface area contributed by atoms with Crippen molar-refractivity contribution in [3.8, 4) is 0 Å². The molecular weight excluding hydrogens is 286 g/mol. The van der Waals surface area contributed by atoms with E-state index in [1.165, 1.54) is 0 Å². The average molecular weight is 302 g/mol. The minimum absolute atomic E-state index is 0.0610. The zero-order chi connectivity index (χ0) is 12.3. The maximum absolute atomic E-state index is 11.7. The third-order valence-electron chi connectivity index (χ3n) is 2.34. The molecule has 0 aliphatic heterocycles. The van der Waals surface area contributed by atoms with Crippen molar-refractivity contribution in [2.45, 2.75) is 26.0 Å². The molecule has 4 heteroatoms. The van der Waals surface area contributed by atoms with Gasteiger partial charge in [0, 0.05) is 10.2 Å². The first kappa shape index (κ1) is 13.6. The van der Waals surface area contributed by atoms with Crippen molar-refractivity contribution in [1.82, 2.24) is 0 Å². The van der Waals surface area contributed by atoms with Gasteiger partial charge in [-0.25, -0.2) is 0 Å². The molecule has 88 valence electrons. The molecule has 0 saturated heterocycles. The molecule has 2 nitrogen and oxygen atoms in total. The van der Waals surface area contributed by atoms with Crippen LogP contribution in [0.4, 0.5) is 5.69 Å². The molecule has 1 amide bonds. The van der Waals surface area contributed by atoms with Crippen LogP contribution in [0.15, 0.2) is 22.7 Å². The van der Waals surface area contributed by atoms with Crippen molar-refractivity contribution in [1.29, 1.82) is 0 Å². The van der Waals surface area contributed by atoms with Gasteiger partial charge in [-0.15, -0.1) is 0 Å². The summed E-state index contributed by atoms with van der Waals surface area (Å²) in [6.45, 7) is 5.95. The van der Waals surface area contributed by atoms with Gasteiger partial charge in [0.1, 0.15) is 0 Å². The molecule has 1 aromatic rings. The predicted molar refractivity (Wildman–Crippen MR) is 75.1 cm³/mol. The van der Waals surface area contributed by atoms with Crippen LogP contribution in [0.5, 0.6) is 0 Å². The monoisotopic (exact) mass is 301 g/mol. The van der Waals surface area contributed by atoms with Crippen LogP contribution in [-0.4, -0.2) is 11.2 Å². The quantitative estimate of drug-likeness (QED) is 0.820. The molecule has 0 aromatic heterocycles. The first-order valence-corrected chi connectivity index (χ1v) is 6.48. The molecule has 0 fully saturated rings. The lowest BCUT2D eigenvalue weighted by atomic mass is 10.1.